The van der Waals surface area contributed by atoms with E-state index in [4.69, 9.17) is 26.8 Å². The quantitative estimate of drug-likeness (QED) is 0.680. The van der Waals surface area contributed by atoms with E-state index in [2.05, 4.69) is 10.00 Å². The zero-order chi connectivity index (χ0) is 14.3. The van der Waals surface area contributed by atoms with Gasteiger partial charge in [-0.25, -0.2) is 0 Å². The molecule has 1 unspecified atom stereocenters. The molecule has 0 bridgehead atoms. The van der Waals surface area contributed by atoms with Crippen LogP contribution in [0.25, 0.3) is 0 Å². The summed E-state index contributed by atoms with van der Waals surface area (Å²) in [5.41, 5.74) is 6.93. The minimum atomic E-state index is -0.283. The topological polar surface area (TPSA) is 65.5 Å². The van der Waals surface area contributed by atoms with Crippen LogP contribution in [0.3, 0.4) is 0 Å². The van der Waals surface area contributed by atoms with E-state index in [0.717, 1.165) is 18.8 Å². The van der Waals surface area contributed by atoms with Gasteiger partial charge in [-0.3, -0.25) is 4.68 Å². The van der Waals surface area contributed by atoms with Gasteiger partial charge in [0, 0.05) is 13.7 Å². The van der Waals surface area contributed by atoms with Crippen molar-refractivity contribution < 1.29 is 9.47 Å². The summed E-state index contributed by atoms with van der Waals surface area (Å²) in [6.45, 7) is 3.10. The monoisotopic (exact) mass is 290 g/mol. The zero-order valence-electron chi connectivity index (χ0n) is 11.8. The molecule has 0 fully saturated rings. The lowest BCUT2D eigenvalue weighted by Crippen LogP contribution is -2.25. The molecule has 0 spiro atoms. The van der Waals surface area contributed by atoms with E-state index >= 15 is 0 Å². The second-order valence-corrected chi connectivity index (χ2v) is 4.99. The van der Waals surface area contributed by atoms with Crippen molar-refractivity contribution >= 4 is 11.6 Å². The fourth-order valence-corrected chi connectivity index (χ4v) is 1.93. The normalized spacial score (nSPS) is 13.2. The second kappa shape index (κ2) is 8.50. The van der Waals surface area contributed by atoms with E-state index in [1.165, 1.54) is 0 Å². The van der Waals surface area contributed by atoms with Gasteiger partial charge in [-0.05, 0) is 14.1 Å². The van der Waals surface area contributed by atoms with Gasteiger partial charge in [-0.2, -0.15) is 5.10 Å². The minimum absolute atomic E-state index is 0.283. The Morgan fingerprint density at radius 2 is 2.21 bits per heavy atom. The predicted octanol–water partition coefficient (Wildman–Crippen LogP) is 0.761. The van der Waals surface area contributed by atoms with Gasteiger partial charge in [-0.15, -0.1) is 0 Å². The van der Waals surface area contributed by atoms with Gasteiger partial charge in [0.15, 0.2) is 0 Å². The number of hydrogen-bond acceptors (Lipinski definition) is 5. The van der Waals surface area contributed by atoms with Crippen LogP contribution in [0.15, 0.2) is 6.20 Å². The lowest BCUT2D eigenvalue weighted by Gasteiger charge is -2.17. The number of nitrogens with two attached hydrogens (primary N) is 1. The Morgan fingerprint density at radius 1 is 1.47 bits per heavy atom. The maximum Gasteiger partial charge on any atom is 0.0834 e. The molecule has 0 aliphatic heterocycles. The Bertz CT molecular complexity index is 371. The third-order valence-corrected chi connectivity index (χ3v) is 2.96. The number of aromatic nitrogens is 2. The van der Waals surface area contributed by atoms with Crippen LogP contribution in [0.1, 0.15) is 11.7 Å². The van der Waals surface area contributed by atoms with E-state index in [1.807, 2.05) is 18.8 Å². The van der Waals surface area contributed by atoms with E-state index in [9.17, 15) is 0 Å². The number of nitrogens with zero attached hydrogens (tertiary/aromatic N) is 3. The molecule has 0 radical (unpaired) electrons. The van der Waals surface area contributed by atoms with Gasteiger partial charge in [-0.1, -0.05) is 11.6 Å². The van der Waals surface area contributed by atoms with Gasteiger partial charge in [0.2, 0.25) is 0 Å². The summed E-state index contributed by atoms with van der Waals surface area (Å²) in [6.07, 6.45) is 1.63. The van der Waals surface area contributed by atoms with Crippen LogP contribution >= 0.6 is 11.6 Å². The van der Waals surface area contributed by atoms with Crippen molar-refractivity contribution in [3.05, 3.63) is 16.9 Å². The number of methoxy groups -OCH3 is 1. The average molecular weight is 291 g/mol. The Labute approximate surface area is 119 Å². The molecule has 0 saturated heterocycles. The highest BCUT2D eigenvalue weighted by Crippen LogP contribution is 2.21. The Balaban J connectivity index is 2.56. The predicted molar refractivity (Wildman–Crippen MR) is 75.4 cm³/mol. The zero-order valence-corrected chi connectivity index (χ0v) is 12.6. The van der Waals surface area contributed by atoms with Crippen LogP contribution < -0.4 is 5.73 Å². The Morgan fingerprint density at radius 3 is 2.84 bits per heavy atom. The fraction of sp³-hybridized carbons (Fsp3) is 0.750. The van der Waals surface area contributed by atoms with Crippen molar-refractivity contribution in [2.75, 3.05) is 47.6 Å². The van der Waals surface area contributed by atoms with E-state index in [-0.39, 0.29) is 6.04 Å². The lowest BCUT2D eigenvalue weighted by atomic mass is 10.2. The van der Waals surface area contributed by atoms with Gasteiger partial charge < -0.3 is 20.1 Å². The number of halogens is 1. The molecule has 110 valence electrons. The average Bonchev–Trinajstić information content (AvgIpc) is 2.73. The third-order valence-electron chi connectivity index (χ3n) is 2.67. The summed E-state index contributed by atoms with van der Waals surface area (Å²) in [7, 11) is 5.66. The first-order valence-corrected chi connectivity index (χ1v) is 6.62. The minimum Gasteiger partial charge on any atom is -0.382 e. The van der Waals surface area contributed by atoms with E-state index in [1.54, 1.807) is 13.3 Å². The number of rotatable bonds is 9. The second-order valence-electron chi connectivity index (χ2n) is 4.58. The molecule has 19 heavy (non-hydrogen) atoms. The SMILES string of the molecule is COCCOCC(N)c1c(Cl)cnn1CCN(C)C. The molecule has 0 aliphatic carbocycles. The highest BCUT2D eigenvalue weighted by molar-refractivity contribution is 6.31. The highest BCUT2D eigenvalue weighted by atomic mass is 35.5. The van der Waals surface area contributed by atoms with Crippen molar-refractivity contribution in [3.63, 3.8) is 0 Å². The Hall–Kier alpha value is -0.660. The van der Waals surface area contributed by atoms with Crippen molar-refractivity contribution in [2.24, 2.45) is 5.73 Å². The maximum absolute atomic E-state index is 6.14. The van der Waals surface area contributed by atoms with Crippen molar-refractivity contribution in [2.45, 2.75) is 12.6 Å². The highest BCUT2D eigenvalue weighted by Gasteiger charge is 2.17. The summed E-state index contributed by atoms with van der Waals surface area (Å²) in [5.74, 6) is 0. The van der Waals surface area contributed by atoms with E-state index in [0.29, 0.717) is 24.8 Å². The summed E-state index contributed by atoms with van der Waals surface area (Å²) in [5, 5.41) is 4.84. The summed E-state index contributed by atoms with van der Waals surface area (Å²) < 4.78 is 12.2. The van der Waals surface area contributed by atoms with Gasteiger partial charge in [0.25, 0.3) is 0 Å². The molecule has 1 aromatic heterocycles. The van der Waals surface area contributed by atoms with Crippen molar-refractivity contribution in [1.82, 2.24) is 14.7 Å². The molecular formula is C12H23ClN4O2. The van der Waals surface area contributed by atoms with Crippen LogP contribution in [-0.2, 0) is 16.0 Å². The molecule has 7 heteroatoms. The molecule has 1 aromatic rings. The number of ether oxygens (including phenoxy) is 2. The molecule has 0 aromatic carbocycles. The van der Waals surface area contributed by atoms with Crippen molar-refractivity contribution in [3.8, 4) is 0 Å². The van der Waals surface area contributed by atoms with Crippen LogP contribution in [0.4, 0.5) is 0 Å². The fourth-order valence-electron chi connectivity index (χ4n) is 1.64. The first-order valence-electron chi connectivity index (χ1n) is 6.24. The maximum atomic E-state index is 6.14. The molecule has 2 N–H and O–H groups in total. The third kappa shape index (κ3) is 5.46. The smallest absolute Gasteiger partial charge is 0.0834 e. The van der Waals surface area contributed by atoms with Gasteiger partial charge in [0.05, 0.1) is 49.3 Å². The number of hydrogen-bond donors (Lipinski definition) is 1. The first kappa shape index (κ1) is 16.4. The lowest BCUT2D eigenvalue weighted by molar-refractivity contribution is 0.0625. The molecule has 6 nitrogen and oxygen atoms in total. The molecular weight excluding hydrogens is 268 g/mol. The molecule has 1 atom stereocenters. The molecule has 0 aliphatic rings. The summed E-state index contributed by atoms with van der Waals surface area (Å²) in [4.78, 5) is 2.08. The Kier molecular flexibility index (Phi) is 7.33. The van der Waals surface area contributed by atoms with Crippen LogP contribution in [0, 0.1) is 0 Å². The largest absolute Gasteiger partial charge is 0.382 e. The van der Waals surface area contributed by atoms with Gasteiger partial charge >= 0.3 is 0 Å². The molecule has 0 saturated carbocycles. The number of likely N-dealkylation sites (N-methyl/N-ethyl adjacent to an activating group) is 1. The van der Waals surface area contributed by atoms with E-state index < -0.39 is 0 Å². The van der Waals surface area contributed by atoms with Crippen LogP contribution in [-0.4, -0.2) is 62.3 Å². The molecule has 1 rings (SSSR count). The van der Waals surface area contributed by atoms with Crippen LogP contribution in [0.5, 0.6) is 0 Å². The van der Waals surface area contributed by atoms with Crippen LogP contribution in [0.2, 0.25) is 5.02 Å². The van der Waals surface area contributed by atoms with Gasteiger partial charge in [0.1, 0.15) is 0 Å². The first-order chi connectivity index (χ1) is 9.06. The molecule has 1 heterocycles. The standard InChI is InChI=1S/C12H23ClN4O2/c1-16(2)4-5-17-12(10(13)8-15-17)11(14)9-19-7-6-18-3/h8,11H,4-7,9,14H2,1-3H3. The van der Waals surface area contributed by atoms with Crippen molar-refractivity contribution in [1.29, 1.82) is 0 Å². The molecule has 0 amide bonds. The summed E-state index contributed by atoms with van der Waals surface area (Å²) in [6, 6.07) is -0.283. The summed E-state index contributed by atoms with van der Waals surface area (Å²) >= 11 is 6.14.